The molecule has 1 heterocycles. The Morgan fingerprint density at radius 1 is 1.14 bits per heavy atom. The first-order chi connectivity index (χ1) is 13.2. The molecule has 1 amide bonds. The molecule has 1 aliphatic rings. The Labute approximate surface area is 166 Å². The predicted molar refractivity (Wildman–Crippen MR) is 103 cm³/mol. The minimum Gasteiger partial charge on any atom is -0.452 e. The summed E-state index contributed by atoms with van der Waals surface area (Å²) < 4.78 is 37.3. The molecule has 0 spiro atoms. The van der Waals surface area contributed by atoms with Gasteiger partial charge in [0, 0.05) is 19.6 Å². The molecule has 1 aromatic rings. The van der Waals surface area contributed by atoms with E-state index in [0.717, 1.165) is 5.56 Å². The molecule has 0 bridgehead atoms. The number of rotatable bonds is 8. The lowest BCUT2D eigenvalue weighted by Crippen LogP contribution is -2.46. The standard InChI is InChI=1S/C19H28N2O6S/c1-14(2)16-4-6-17(7-5-16)28(24,25)20-9-8-18(22)27-15(3)19(23)21-10-12-26-13-11-21/h4-7,14-15,20H,8-13H2,1-3H3/t15-/m1/s1. The van der Waals surface area contributed by atoms with E-state index in [2.05, 4.69) is 4.72 Å². The SMILES string of the molecule is CC(C)c1ccc(S(=O)(=O)NCCC(=O)O[C@H](C)C(=O)N2CCOCC2)cc1. The topological polar surface area (TPSA) is 102 Å². The highest BCUT2D eigenvalue weighted by molar-refractivity contribution is 7.89. The van der Waals surface area contributed by atoms with E-state index in [4.69, 9.17) is 9.47 Å². The van der Waals surface area contributed by atoms with E-state index in [1.165, 1.54) is 6.92 Å². The molecule has 9 heteroatoms. The third kappa shape index (κ3) is 6.29. The van der Waals surface area contributed by atoms with Crippen LogP contribution in [0.15, 0.2) is 29.2 Å². The maximum absolute atomic E-state index is 12.3. The van der Waals surface area contributed by atoms with E-state index < -0.39 is 22.1 Å². The van der Waals surface area contributed by atoms with Gasteiger partial charge in [0.2, 0.25) is 10.0 Å². The van der Waals surface area contributed by atoms with Gasteiger partial charge in [0.15, 0.2) is 6.10 Å². The third-order valence-corrected chi connectivity index (χ3v) is 5.93. The van der Waals surface area contributed by atoms with Gasteiger partial charge in [0.05, 0.1) is 24.5 Å². The van der Waals surface area contributed by atoms with Crippen molar-refractivity contribution in [3.63, 3.8) is 0 Å². The van der Waals surface area contributed by atoms with Crippen LogP contribution < -0.4 is 4.72 Å². The van der Waals surface area contributed by atoms with Crippen LogP contribution in [0.5, 0.6) is 0 Å². The van der Waals surface area contributed by atoms with Gasteiger partial charge in [-0.05, 0) is 30.5 Å². The monoisotopic (exact) mass is 412 g/mol. The van der Waals surface area contributed by atoms with Gasteiger partial charge in [-0.1, -0.05) is 26.0 Å². The molecule has 1 aliphatic heterocycles. The summed E-state index contributed by atoms with van der Waals surface area (Å²) in [4.78, 5) is 25.9. The average molecular weight is 413 g/mol. The van der Waals surface area contributed by atoms with E-state index in [0.29, 0.717) is 32.2 Å². The number of amides is 1. The third-order valence-electron chi connectivity index (χ3n) is 4.46. The molecule has 156 valence electrons. The number of ether oxygens (including phenoxy) is 2. The van der Waals surface area contributed by atoms with Crippen molar-refractivity contribution in [3.8, 4) is 0 Å². The number of benzene rings is 1. The van der Waals surface area contributed by atoms with Gasteiger partial charge in [-0.25, -0.2) is 13.1 Å². The Balaban J connectivity index is 1.79. The summed E-state index contributed by atoms with van der Waals surface area (Å²) in [6.07, 6.45) is -1.07. The van der Waals surface area contributed by atoms with Crippen LogP contribution in [0, 0.1) is 0 Å². The first-order valence-electron chi connectivity index (χ1n) is 9.36. The van der Waals surface area contributed by atoms with Crippen molar-refractivity contribution < 1.29 is 27.5 Å². The second-order valence-corrected chi connectivity index (χ2v) is 8.71. The average Bonchev–Trinajstić information content (AvgIpc) is 2.67. The summed E-state index contributed by atoms with van der Waals surface area (Å²) in [5.74, 6) is -0.601. The molecule has 28 heavy (non-hydrogen) atoms. The first-order valence-corrected chi connectivity index (χ1v) is 10.8. The highest BCUT2D eigenvalue weighted by Crippen LogP contribution is 2.17. The largest absolute Gasteiger partial charge is 0.452 e. The highest BCUT2D eigenvalue weighted by Gasteiger charge is 2.25. The second kappa shape index (κ2) is 9.99. The summed E-state index contributed by atoms with van der Waals surface area (Å²) in [5, 5.41) is 0. The molecule has 1 fully saturated rings. The van der Waals surface area contributed by atoms with Crippen LogP contribution in [0.3, 0.4) is 0 Å². The van der Waals surface area contributed by atoms with Gasteiger partial charge in [-0.3, -0.25) is 9.59 Å². The minimum absolute atomic E-state index is 0.106. The maximum Gasteiger partial charge on any atom is 0.307 e. The van der Waals surface area contributed by atoms with Crippen LogP contribution in [0.25, 0.3) is 0 Å². The zero-order valence-corrected chi connectivity index (χ0v) is 17.3. The van der Waals surface area contributed by atoms with E-state index in [1.807, 2.05) is 13.8 Å². The molecule has 0 saturated carbocycles. The second-order valence-electron chi connectivity index (χ2n) is 6.94. The van der Waals surface area contributed by atoms with E-state index in [-0.39, 0.29) is 23.8 Å². The van der Waals surface area contributed by atoms with Crippen molar-refractivity contribution in [2.45, 2.75) is 44.1 Å². The van der Waals surface area contributed by atoms with Crippen LogP contribution in [-0.4, -0.2) is 64.1 Å². The van der Waals surface area contributed by atoms with Crippen molar-refractivity contribution in [3.05, 3.63) is 29.8 Å². The minimum atomic E-state index is -3.71. The van der Waals surface area contributed by atoms with Crippen LogP contribution in [-0.2, 0) is 29.1 Å². The van der Waals surface area contributed by atoms with Crippen LogP contribution in [0.1, 0.15) is 38.7 Å². The zero-order valence-electron chi connectivity index (χ0n) is 16.5. The summed E-state index contributed by atoms with van der Waals surface area (Å²) >= 11 is 0. The van der Waals surface area contributed by atoms with Crippen LogP contribution in [0.2, 0.25) is 0 Å². The summed E-state index contributed by atoms with van der Waals surface area (Å²) in [6, 6.07) is 6.62. The van der Waals surface area contributed by atoms with Gasteiger partial charge in [0.1, 0.15) is 0 Å². The number of sulfonamides is 1. The van der Waals surface area contributed by atoms with Gasteiger partial charge >= 0.3 is 5.97 Å². The van der Waals surface area contributed by atoms with E-state index in [9.17, 15) is 18.0 Å². The Kier molecular flexibility index (Phi) is 7.97. The number of carbonyl (C=O) groups is 2. The van der Waals surface area contributed by atoms with Crippen molar-refractivity contribution in [2.75, 3.05) is 32.8 Å². The molecule has 2 rings (SSSR count). The van der Waals surface area contributed by atoms with Crippen molar-refractivity contribution in [1.29, 1.82) is 0 Å². The molecular formula is C19H28N2O6S. The molecular weight excluding hydrogens is 384 g/mol. The van der Waals surface area contributed by atoms with E-state index >= 15 is 0 Å². The Hall–Kier alpha value is -1.97. The van der Waals surface area contributed by atoms with Crippen molar-refractivity contribution in [1.82, 2.24) is 9.62 Å². The van der Waals surface area contributed by atoms with Gasteiger partial charge in [0.25, 0.3) is 5.91 Å². The van der Waals surface area contributed by atoms with Gasteiger partial charge in [-0.2, -0.15) is 0 Å². The number of nitrogens with one attached hydrogen (secondary N) is 1. The quantitative estimate of drug-likeness (QED) is 0.645. The Morgan fingerprint density at radius 3 is 2.32 bits per heavy atom. The number of esters is 1. The van der Waals surface area contributed by atoms with Crippen molar-refractivity contribution >= 4 is 21.9 Å². The van der Waals surface area contributed by atoms with Gasteiger partial charge in [-0.15, -0.1) is 0 Å². The molecule has 0 unspecified atom stereocenters. The number of nitrogens with zero attached hydrogens (tertiary/aromatic N) is 1. The number of hydrogen-bond acceptors (Lipinski definition) is 6. The fourth-order valence-corrected chi connectivity index (χ4v) is 3.78. The number of hydrogen-bond donors (Lipinski definition) is 1. The smallest absolute Gasteiger partial charge is 0.307 e. The lowest BCUT2D eigenvalue weighted by Gasteiger charge is -2.28. The summed E-state index contributed by atoms with van der Waals surface area (Å²) in [7, 11) is -3.71. The molecule has 1 N–H and O–H groups in total. The molecule has 8 nitrogen and oxygen atoms in total. The molecule has 1 saturated heterocycles. The Morgan fingerprint density at radius 2 is 1.75 bits per heavy atom. The van der Waals surface area contributed by atoms with Crippen LogP contribution in [0.4, 0.5) is 0 Å². The number of morpholine rings is 1. The highest BCUT2D eigenvalue weighted by atomic mass is 32.2. The molecule has 0 radical (unpaired) electrons. The van der Waals surface area contributed by atoms with Gasteiger partial charge < -0.3 is 14.4 Å². The maximum atomic E-state index is 12.3. The summed E-state index contributed by atoms with van der Waals surface area (Å²) in [6.45, 7) is 7.32. The molecule has 0 aromatic heterocycles. The van der Waals surface area contributed by atoms with E-state index in [1.54, 1.807) is 29.2 Å². The lowest BCUT2D eigenvalue weighted by molar-refractivity contribution is -0.160. The summed E-state index contributed by atoms with van der Waals surface area (Å²) in [5.41, 5.74) is 1.04. The zero-order chi connectivity index (χ0) is 20.7. The van der Waals surface area contributed by atoms with Crippen molar-refractivity contribution in [2.24, 2.45) is 0 Å². The normalized spacial score (nSPS) is 16.1. The fourth-order valence-electron chi connectivity index (χ4n) is 2.75. The molecule has 1 atom stereocenters. The number of carbonyl (C=O) groups excluding carboxylic acids is 2. The van der Waals surface area contributed by atoms with Crippen LogP contribution >= 0.6 is 0 Å². The fraction of sp³-hybridized carbons (Fsp3) is 0.579. The molecule has 1 aromatic carbocycles. The predicted octanol–water partition coefficient (Wildman–Crippen LogP) is 1.27. The molecule has 0 aliphatic carbocycles. The first kappa shape index (κ1) is 22.3. The Bertz CT molecular complexity index is 770. The lowest BCUT2D eigenvalue weighted by atomic mass is 10.0.